The van der Waals surface area contributed by atoms with Crippen molar-refractivity contribution in [1.82, 2.24) is 4.90 Å². The standard InChI is InChI=1S/C15H23NO2/c1-4-16-9-8-14(11-16)18-13-7-6-12(3)15(10-13)17-5-2/h6-7,10,14H,4-5,8-9,11H2,1-3H3. The SMILES string of the molecule is CCOc1cc(OC2CCN(CC)C2)ccc1C. The summed E-state index contributed by atoms with van der Waals surface area (Å²) < 4.78 is 11.6. The summed E-state index contributed by atoms with van der Waals surface area (Å²) in [5, 5.41) is 0. The van der Waals surface area contributed by atoms with Crippen molar-refractivity contribution in [1.29, 1.82) is 0 Å². The molecule has 1 saturated heterocycles. The Morgan fingerprint density at radius 2 is 2.17 bits per heavy atom. The highest BCUT2D eigenvalue weighted by Crippen LogP contribution is 2.26. The number of nitrogens with zero attached hydrogens (tertiary/aromatic N) is 1. The molecule has 0 amide bonds. The van der Waals surface area contributed by atoms with Gasteiger partial charge in [0.2, 0.25) is 0 Å². The van der Waals surface area contributed by atoms with Gasteiger partial charge in [-0.05, 0) is 38.4 Å². The van der Waals surface area contributed by atoms with E-state index in [9.17, 15) is 0 Å². The number of likely N-dealkylation sites (tertiary alicyclic amines) is 1. The third kappa shape index (κ3) is 3.16. The molecule has 0 spiro atoms. The van der Waals surface area contributed by atoms with Crippen LogP contribution in [0.5, 0.6) is 11.5 Å². The Labute approximate surface area is 110 Å². The molecule has 0 N–H and O–H groups in total. The molecular formula is C15H23NO2. The van der Waals surface area contributed by atoms with Gasteiger partial charge in [0, 0.05) is 19.2 Å². The lowest BCUT2D eigenvalue weighted by atomic mass is 10.2. The first kappa shape index (κ1) is 13.2. The molecule has 3 heteroatoms. The Kier molecular flexibility index (Phi) is 4.48. The molecule has 1 atom stereocenters. The summed E-state index contributed by atoms with van der Waals surface area (Å²) in [5.74, 6) is 1.85. The Morgan fingerprint density at radius 1 is 1.33 bits per heavy atom. The van der Waals surface area contributed by atoms with Crippen LogP contribution in [0.3, 0.4) is 0 Å². The van der Waals surface area contributed by atoms with E-state index in [0.29, 0.717) is 12.7 Å². The molecule has 100 valence electrons. The first-order valence-electron chi connectivity index (χ1n) is 6.85. The first-order valence-corrected chi connectivity index (χ1v) is 6.85. The Hall–Kier alpha value is -1.22. The van der Waals surface area contributed by atoms with Crippen molar-refractivity contribution in [2.75, 3.05) is 26.2 Å². The molecular weight excluding hydrogens is 226 g/mol. The van der Waals surface area contributed by atoms with Crippen LogP contribution >= 0.6 is 0 Å². The van der Waals surface area contributed by atoms with Crippen molar-refractivity contribution in [3.8, 4) is 11.5 Å². The van der Waals surface area contributed by atoms with Crippen LogP contribution in [0.15, 0.2) is 18.2 Å². The second-order valence-electron chi connectivity index (χ2n) is 4.78. The fourth-order valence-corrected chi connectivity index (χ4v) is 2.34. The topological polar surface area (TPSA) is 21.7 Å². The van der Waals surface area contributed by atoms with Gasteiger partial charge in [-0.2, -0.15) is 0 Å². The van der Waals surface area contributed by atoms with Crippen molar-refractivity contribution in [2.45, 2.75) is 33.3 Å². The molecule has 1 heterocycles. The molecule has 2 rings (SSSR count). The van der Waals surface area contributed by atoms with Gasteiger partial charge in [0.25, 0.3) is 0 Å². The van der Waals surface area contributed by atoms with Crippen molar-refractivity contribution in [3.05, 3.63) is 23.8 Å². The molecule has 1 aliphatic heterocycles. The van der Waals surface area contributed by atoms with Gasteiger partial charge in [-0.1, -0.05) is 13.0 Å². The van der Waals surface area contributed by atoms with E-state index >= 15 is 0 Å². The number of benzene rings is 1. The van der Waals surface area contributed by atoms with Gasteiger partial charge in [-0.25, -0.2) is 0 Å². The second kappa shape index (κ2) is 6.10. The molecule has 0 saturated carbocycles. The summed E-state index contributed by atoms with van der Waals surface area (Å²) in [7, 11) is 0. The molecule has 1 aromatic carbocycles. The van der Waals surface area contributed by atoms with Crippen LogP contribution < -0.4 is 9.47 Å². The Morgan fingerprint density at radius 3 is 2.83 bits per heavy atom. The van der Waals surface area contributed by atoms with E-state index in [2.05, 4.69) is 24.8 Å². The van der Waals surface area contributed by atoms with Crippen LogP contribution in [0.25, 0.3) is 0 Å². The zero-order chi connectivity index (χ0) is 13.0. The average molecular weight is 249 g/mol. The van der Waals surface area contributed by atoms with Crippen LogP contribution in [0.4, 0.5) is 0 Å². The van der Waals surface area contributed by atoms with E-state index < -0.39 is 0 Å². The lowest BCUT2D eigenvalue weighted by molar-refractivity contribution is 0.201. The van der Waals surface area contributed by atoms with Crippen LogP contribution in [-0.4, -0.2) is 37.2 Å². The molecule has 3 nitrogen and oxygen atoms in total. The Balaban J connectivity index is 1.99. The van der Waals surface area contributed by atoms with Gasteiger partial charge >= 0.3 is 0 Å². The molecule has 0 bridgehead atoms. The quantitative estimate of drug-likeness (QED) is 0.801. The van der Waals surface area contributed by atoms with E-state index in [-0.39, 0.29) is 0 Å². The zero-order valence-corrected chi connectivity index (χ0v) is 11.6. The van der Waals surface area contributed by atoms with Crippen molar-refractivity contribution in [3.63, 3.8) is 0 Å². The predicted molar refractivity (Wildman–Crippen MR) is 73.5 cm³/mol. The number of likely N-dealkylation sites (N-methyl/N-ethyl adjacent to an activating group) is 1. The van der Waals surface area contributed by atoms with Crippen LogP contribution in [0.1, 0.15) is 25.8 Å². The highest BCUT2D eigenvalue weighted by molar-refractivity contribution is 5.40. The maximum Gasteiger partial charge on any atom is 0.125 e. The highest BCUT2D eigenvalue weighted by atomic mass is 16.5. The maximum atomic E-state index is 6.03. The fraction of sp³-hybridized carbons (Fsp3) is 0.600. The number of rotatable bonds is 5. The normalized spacial score (nSPS) is 20.1. The molecule has 0 radical (unpaired) electrons. The van der Waals surface area contributed by atoms with Crippen molar-refractivity contribution >= 4 is 0 Å². The summed E-state index contributed by atoms with van der Waals surface area (Å²) >= 11 is 0. The maximum absolute atomic E-state index is 6.03. The number of aryl methyl sites for hydroxylation is 1. The summed E-state index contributed by atoms with van der Waals surface area (Å²) in [6.45, 7) is 10.2. The molecule has 1 aliphatic rings. The van der Waals surface area contributed by atoms with Gasteiger partial charge in [0.1, 0.15) is 17.6 Å². The van der Waals surface area contributed by atoms with E-state index in [4.69, 9.17) is 9.47 Å². The monoisotopic (exact) mass is 249 g/mol. The molecule has 18 heavy (non-hydrogen) atoms. The van der Waals surface area contributed by atoms with E-state index in [0.717, 1.165) is 43.1 Å². The minimum absolute atomic E-state index is 0.321. The lowest BCUT2D eigenvalue weighted by Gasteiger charge is -2.16. The summed E-state index contributed by atoms with van der Waals surface area (Å²) in [5.41, 5.74) is 1.16. The van der Waals surface area contributed by atoms with Gasteiger partial charge in [-0.15, -0.1) is 0 Å². The van der Waals surface area contributed by atoms with Crippen molar-refractivity contribution < 1.29 is 9.47 Å². The average Bonchev–Trinajstić information content (AvgIpc) is 2.81. The fourth-order valence-electron chi connectivity index (χ4n) is 2.34. The van der Waals surface area contributed by atoms with Crippen LogP contribution in [-0.2, 0) is 0 Å². The Bertz CT molecular complexity index is 392. The summed E-state index contributed by atoms with van der Waals surface area (Å²) in [6.07, 6.45) is 1.44. The van der Waals surface area contributed by atoms with Crippen LogP contribution in [0.2, 0.25) is 0 Å². The summed E-state index contributed by atoms with van der Waals surface area (Å²) in [6, 6.07) is 6.10. The number of ether oxygens (including phenoxy) is 2. The minimum Gasteiger partial charge on any atom is -0.493 e. The summed E-state index contributed by atoms with van der Waals surface area (Å²) in [4.78, 5) is 2.42. The van der Waals surface area contributed by atoms with Gasteiger partial charge in [0.15, 0.2) is 0 Å². The van der Waals surface area contributed by atoms with Gasteiger partial charge in [0.05, 0.1) is 6.61 Å². The molecule has 1 fully saturated rings. The van der Waals surface area contributed by atoms with Crippen LogP contribution in [0, 0.1) is 6.92 Å². The third-order valence-electron chi connectivity index (χ3n) is 3.44. The largest absolute Gasteiger partial charge is 0.493 e. The molecule has 0 aliphatic carbocycles. The van der Waals surface area contributed by atoms with E-state index in [1.807, 2.05) is 19.1 Å². The smallest absolute Gasteiger partial charge is 0.125 e. The number of hydrogen-bond acceptors (Lipinski definition) is 3. The lowest BCUT2D eigenvalue weighted by Crippen LogP contribution is -2.24. The van der Waals surface area contributed by atoms with Crippen molar-refractivity contribution in [2.24, 2.45) is 0 Å². The van der Waals surface area contributed by atoms with Gasteiger partial charge < -0.3 is 9.47 Å². The molecule has 1 aromatic rings. The van der Waals surface area contributed by atoms with E-state index in [1.54, 1.807) is 0 Å². The van der Waals surface area contributed by atoms with E-state index in [1.165, 1.54) is 0 Å². The second-order valence-corrected chi connectivity index (χ2v) is 4.78. The molecule has 1 unspecified atom stereocenters. The van der Waals surface area contributed by atoms with Gasteiger partial charge in [-0.3, -0.25) is 4.90 Å². The predicted octanol–water partition coefficient (Wildman–Crippen LogP) is 2.87. The number of hydrogen-bond donors (Lipinski definition) is 0. The first-order chi connectivity index (χ1) is 8.72. The highest BCUT2D eigenvalue weighted by Gasteiger charge is 2.22. The zero-order valence-electron chi connectivity index (χ0n) is 11.6. The minimum atomic E-state index is 0.321. The molecule has 0 aromatic heterocycles. The third-order valence-corrected chi connectivity index (χ3v) is 3.44.